The predicted molar refractivity (Wildman–Crippen MR) is 67.2 cm³/mol. The van der Waals surface area contributed by atoms with E-state index in [-0.39, 0.29) is 18.3 Å². The van der Waals surface area contributed by atoms with Gasteiger partial charge in [0.15, 0.2) is 0 Å². The topological polar surface area (TPSA) is 46.5 Å². The van der Waals surface area contributed by atoms with Crippen molar-refractivity contribution in [1.29, 1.82) is 0 Å². The number of aliphatic hydroxyl groups excluding tert-OH is 1. The largest absolute Gasteiger partial charge is 0.497 e. The zero-order chi connectivity index (χ0) is 12.7. The normalized spacial score (nSPS) is 12.2. The molecule has 0 aliphatic carbocycles. The summed E-state index contributed by atoms with van der Waals surface area (Å²) in [6.07, 6.45) is 1.75. The van der Waals surface area contributed by atoms with Gasteiger partial charge in [-0.25, -0.2) is 0 Å². The lowest BCUT2D eigenvalue weighted by Crippen LogP contribution is -2.09. The van der Waals surface area contributed by atoms with Gasteiger partial charge in [-0.1, -0.05) is 19.1 Å². The van der Waals surface area contributed by atoms with Crippen molar-refractivity contribution < 1.29 is 14.6 Å². The minimum absolute atomic E-state index is 0.0679. The maximum atomic E-state index is 11.6. The second-order valence-corrected chi connectivity index (χ2v) is 4.38. The van der Waals surface area contributed by atoms with Crippen LogP contribution in [0.15, 0.2) is 24.3 Å². The van der Waals surface area contributed by atoms with Crippen molar-refractivity contribution in [3.05, 3.63) is 29.8 Å². The van der Waals surface area contributed by atoms with Crippen LogP contribution < -0.4 is 4.74 Å². The minimum Gasteiger partial charge on any atom is -0.497 e. The molecule has 1 N–H and O–H groups in total. The van der Waals surface area contributed by atoms with Crippen LogP contribution >= 0.6 is 0 Å². The first-order valence-electron chi connectivity index (χ1n) is 5.91. The Bertz CT molecular complexity index is 343. The molecule has 94 valence electrons. The van der Waals surface area contributed by atoms with Crippen LogP contribution in [0.25, 0.3) is 0 Å². The van der Waals surface area contributed by atoms with E-state index in [0.29, 0.717) is 12.8 Å². The van der Waals surface area contributed by atoms with Crippen molar-refractivity contribution in [1.82, 2.24) is 0 Å². The molecule has 1 aromatic rings. The Morgan fingerprint density at radius 2 is 2.00 bits per heavy atom. The maximum absolute atomic E-state index is 11.6. The molecule has 0 spiro atoms. The number of hydrogen-bond donors (Lipinski definition) is 1. The fraction of sp³-hybridized carbons (Fsp3) is 0.500. The molecule has 17 heavy (non-hydrogen) atoms. The molecule has 0 radical (unpaired) electrons. The van der Waals surface area contributed by atoms with E-state index in [9.17, 15) is 4.79 Å². The van der Waals surface area contributed by atoms with Gasteiger partial charge in [0.05, 0.1) is 7.11 Å². The van der Waals surface area contributed by atoms with E-state index >= 15 is 0 Å². The third kappa shape index (κ3) is 5.00. The maximum Gasteiger partial charge on any atom is 0.133 e. The summed E-state index contributed by atoms with van der Waals surface area (Å²) < 4.78 is 5.07. The number of aryl methyl sites for hydroxylation is 1. The van der Waals surface area contributed by atoms with Gasteiger partial charge in [-0.2, -0.15) is 0 Å². The van der Waals surface area contributed by atoms with Gasteiger partial charge < -0.3 is 9.84 Å². The summed E-state index contributed by atoms with van der Waals surface area (Å²) in [5.74, 6) is 1.11. The number of aliphatic hydroxyl groups is 1. The van der Waals surface area contributed by atoms with Gasteiger partial charge in [0.2, 0.25) is 0 Å². The van der Waals surface area contributed by atoms with Crippen molar-refractivity contribution in [3.8, 4) is 5.75 Å². The Labute approximate surface area is 102 Å². The molecule has 1 unspecified atom stereocenters. The lowest BCUT2D eigenvalue weighted by molar-refractivity contribution is -0.120. The van der Waals surface area contributed by atoms with Gasteiger partial charge in [-0.3, -0.25) is 4.79 Å². The van der Waals surface area contributed by atoms with E-state index in [1.807, 2.05) is 31.2 Å². The fourth-order valence-corrected chi connectivity index (χ4v) is 1.63. The summed E-state index contributed by atoms with van der Waals surface area (Å²) in [5.41, 5.74) is 1.14. The van der Waals surface area contributed by atoms with E-state index in [4.69, 9.17) is 9.84 Å². The monoisotopic (exact) mass is 236 g/mol. The third-order valence-corrected chi connectivity index (χ3v) is 2.74. The molecule has 3 heteroatoms. The molecule has 0 heterocycles. The van der Waals surface area contributed by atoms with Crippen molar-refractivity contribution >= 4 is 5.78 Å². The van der Waals surface area contributed by atoms with Gasteiger partial charge >= 0.3 is 0 Å². The Kier molecular flexibility index (Phi) is 5.70. The molecule has 1 aromatic carbocycles. The van der Waals surface area contributed by atoms with Crippen LogP contribution in [0.4, 0.5) is 0 Å². The molecule has 0 bridgehead atoms. The number of benzene rings is 1. The first-order chi connectivity index (χ1) is 8.15. The van der Waals surface area contributed by atoms with Gasteiger partial charge in [-0.05, 0) is 30.0 Å². The molecule has 0 saturated carbocycles. The van der Waals surface area contributed by atoms with Crippen molar-refractivity contribution in [3.63, 3.8) is 0 Å². The minimum atomic E-state index is 0.0679. The lowest BCUT2D eigenvalue weighted by atomic mass is 10.0. The molecule has 0 aliphatic heterocycles. The van der Waals surface area contributed by atoms with Gasteiger partial charge in [0.25, 0.3) is 0 Å². The second kappa shape index (κ2) is 7.07. The van der Waals surface area contributed by atoms with Gasteiger partial charge in [0.1, 0.15) is 11.5 Å². The molecular formula is C14H20O3. The smallest absolute Gasteiger partial charge is 0.133 e. The summed E-state index contributed by atoms with van der Waals surface area (Å²) in [5, 5.41) is 8.86. The zero-order valence-corrected chi connectivity index (χ0v) is 10.5. The molecule has 3 nitrogen and oxygen atoms in total. The molecule has 0 aromatic heterocycles. The van der Waals surface area contributed by atoms with Crippen LogP contribution in [0.5, 0.6) is 5.75 Å². The molecule has 1 rings (SSSR count). The average Bonchev–Trinajstić information content (AvgIpc) is 2.36. The molecule has 1 atom stereocenters. The summed E-state index contributed by atoms with van der Waals surface area (Å²) in [4.78, 5) is 11.6. The summed E-state index contributed by atoms with van der Waals surface area (Å²) in [6, 6.07) is 7.75. The predicted octanol–water partition coefficient (Wildman–Crippen LogP) is 2.22. The molecule has 0 aliphatic rings. The Morgan fingerprint density at radius 3 is 2.53 bits per heavy atom. The zero-order valence-electron chi connectivity index (χ0n) is 10.5. The fourth-order valence-electron chi connectivity index (χ4n) is 1.63. The number of carbonyl (C=O) groups excluding carboxylic acids is 1. The number of ketones is 1. The van der Waals surface area contributed by atoms with Crippen molar-refractivity contribution in [2.45, 2.75) is 26.2 Å². The standard InChI is InChI=1S/C14H20O3/c1-11(10-15)9-13(16)6-3-12-4-7-14(17-2)8-5-12/h4-5,7-8,11,15H,3,6,9-10H2,1-2H3. The second-order valence-electron chi connectivity index (χ2n) is 4.38. The molecule has 0 saturated heterocycles. The SMILES string of the molecule is COc1ccc(CCC(=O)CC(C)CO)cc1. The average molecular weight is 236 g/mol. The van der Waals surface area contributed by atoms with E-state index in [1.165, 1.54) is 0 Å². The van der Waals surface area contributed by atoms with Crippen LogP contribution in [0, 0.1) is 5.92 Å². The summed E-state index contributed by atoms with van der Waals surface area (Å²) in [6.45, 7) is 1.96. The van der Waals surface area contributed by atoms with Crippen LogP contribution in [0.2, 0.25) is 0 Å². The number of hydrogen-bond acceptors (Lipinski definition) is 3. The van der Waals surface area contributed by atoms with E-state index < -0.39 is 0 Å². The summed E-state index contributed by atoms with van der Waals surface area (Å²) >= 11 is 0. The number of methoxy groups -OCH3 is 1. The highest BCUT2D eigenvalue weighted by molar-refractivity contribution is 5.78. The quantitative estimate of drug-likeness (QED) is 0.789. The number of Topliss-reactive ketones (excluding diaryl/α,β-unsaturated/α-hetero) is 1. The molecular weight excluding hydrogens is 216 g/mol. The number of carbonyl (C=O) groups is 1. The third-order valence-electron chi connectivity index (χ3n) is 2.74. The first-order valence-corrected chi connectivity index (χ1v) is 5.91. The van der Waals surface area contributed by atoms with Crippen LogP contribution in [-0.2, 0) is 11.2 Å². The van der Waals surface area contributed by atoms with Crippen molar-refractivity contribution in [2.75, 3.05) is 13.7 Å². The van der Waals surface area contributed by atoms with E-state index in [1.54, 1.807) is 7.11 Å². The number of rotatable bonds is 7. The van der Waals surface area contributed by atoms with E-state index in [0.717, 1.165) is 17.7 Å². The van der Waals surface area contributed by atoms with Gasteiger partial charge in [0, 0.05) is 19.4 Å². The Morgan fingerprint density at radius 1 is 1.35 bits per heavy atom. The Hall–Kier alpha value is -1.35. The van der Waals surface area contributed by atoms with Crippen molar-refractivity contribution in [2.24, 2.45) is 5.92 Å². The molecule has 0 amide bonds. The molecule has 0 fully saturated rings. The summed E-state index contributed by atoms with van der Waals surface area (Å²) in [7, 11) is 1.63. The number of ether oxygens (including phenoxy) is 1. The highest BCUT2D eigenvalue weighted by Gasteiger charge is 2.08. The first kappa shape index (κ1) is 13.7. The van der Waals surface area contributed by atoms with E-state index in [2.05, 4.69) is 0 Å². The lowest BCUT2D eigenvalue weighted by Gasteiger charge is -2.07. The van der Waals surface area contributed by atoms with Gasteiger partial charge in [-0.15, -0.1) is 0 Å². The van der Waals surface area contributed by atoms with Crippen LogP contribution in [0.3, 0.4) is 0 Å². The highest BCUT2D eigenvalue weighted by atomic mass is 16.5. The van der Waals surface area contributed by atoms with Crippen LogP contribution in [0.1, 0.15) is 25.3 Å². The Balaban J connectivity index is 2.36. The highest BCUT2D eigenvalue weighted by Crippen LogP contribution is 2.13. The van der Waals surface area contributed by atoms with Crippen LogP contribution in [-0.4, -0.2) is 24.6 Å².